The maximum absolute atomic E-state index is 13.0. The summed E-state index contributed by atoms with van der Waals surface area (Å²) >= 11 is 0. The van der Waals surface area contributed by atoms with Crippen molar-refractivity contribution >= 4 is 11.5 Å². The van der Waals surface area contributed by atoms with Gasteiger partial charge in [-0.15, -0.1) is 0 Å². The van der Waals surface area contributed by atoms with Gasteiger partial charge in [0.25, 0.3) is 0 Å². The van der Waals surface area contributed by atoms with Gasteiger partial charge in [-0.1, -0.05) is 24.3 Å². The van der Waals surface area contributed by atoms with E-state index in [-0.39, 0.29) is 23.5 Å². The predicted octanol–water partition coefficient (Wildman–Crippen LogP) is 2.96. The lowest BCUT2D eigenvalue weighted by Crippen LogP contribution is -2.29. The van der Waals surface area contributed by atoms with Crippen molar-refractivity contribution in [1.29, 1.82) is 0 Å². The number of ketones is 1. The normalized spacial score (nSPS) is 17.6. The summed E-state index contributed by atoms with van der Waals surface area (Å²) in [5.41, 5.74) is 6.61. The number of hydrogen-bond donors (Lipinski definition) is 1. The molecule has 2 aromatic carbocycles. The zero-order chi connectivity index (χ0) is 18.2. The molecule has 0 fully saturated rings. The summed E-state index contributed by atoms with van der Waals surface area (Å²) < 4.78 is 44.4. The number of carbonyl (C=O) groups is 1. The largest absolute Gasteiger partial charge is 0.496 e. The molecule has 1 unspecified atom stereocenters. The molecule has 4 nitrogen and oxygen atoms in total. The van der Waals surface area contributed by atoms with Gasteiger partial charge >= 0.3 is 6.18 Å². The van der Waals surface area contributed by atoms with Gasteiger partial charge in [0.2, 0.25) is 0 Å². The highest BCUT2D eigenvalue weighted by molar-refractivity contribution is 6.16. The minimum atomic E-state index is -4.48. The number of fused-ring (bicyclic) bond motifs is 1. The van der Waals surface area contributed by atoms with Crippen LogP contribution in [-0.4, -0.2) is 24.8 Å². The average molecular weight is 348 g/mol. The molecule has 0 saturated heterocycles. The quantitative estimate of drug-likeness (QED) is 0.907. The lowest BCUT2D eigenvalue weighted by Gasteiger charge is -2.14. The van der Waals surface area contributed by atoms with Gasteiger partial charge in [-0.3, -0.25) is 9.79 Å². The second kappa shape index (κ2) is 6.33. The number of nitrogens with two attached hydrogens (primary N) is 1. The molecule has 25 heavy (non-hydrogen) atoms. The fourth-order valence-electron chi connectivity index (χ4n) is 2.79. The summed E-state index contributed by atoms with van der Waals surface area (Å²) in [5.74, 6) is 0.146. The molecule has 7 heteroatoms. The fraction of sp³-hybridized carbons (Fsp3) is 0.222. The van der Waals surface area contributed by atoms with Crippen molar-refractivity contribution in [1.82, 2.24) is 0 Å². The summed E-state index contributed by atoms with van der Waals surface area (Å²) in [6.45, 7) is 0. The van der Waals surface area contributed by atoms with E-state index in [1.807, 2.05) is 0 Å². The highest BCUT2D eigenvalue weighted by atomic mass is 19.4. The Bertz CT molecular complexity index is 860. The zero-order valence-corrected chi connectivity index (χ0v) is 13.3. The van der Waals surface area contributed by atoms with Crippen LogP contribution in [0.2, 0.25) is 0 Å². The van der Waals surface area contributed by atoms with Crippen molar-refractivity contribution in [3.8, 4) is 5.75 Å². The van der Waals surface area contributed by atoms with E-state index in [4.69, 9.17) is 10.5 Å². The molecule has 130 valence electrons. The van der Waals surface area contributed by atoms with Crippen LogP contribution in [0.25, 0.3) is 0 Å². The highest BCUT2D eigenvalue weighted by Gasteiger charge is 2.32. The van der Waals surface area contributed by atoms with Crippen molar-refractivity contribution in [3.63, 3.8) is 0 Å². The van der Waals surface area contributed by atoms with E-state index < -0.39 is 17.9 Å². The Hall–Kier alpha value is -2.67. The number of methoxy groups -OCH3 is 1. The maximum atomic E-state index is 13.0. The van der Waals surface area contributed by atoms with Gasteiger partial charge in [0.1, 0.15) is 5.75 Å². The molecule has 0 bridgehead atoms. The third kappa shape index (κ3) is 3.28. The highest BCUT2D eigenvalue weighted by Crippen LogP contribution is 2.32. The van der Waals surface area contributed by atoms with E-state index in [0.29, 0.717) is 16.9 Å². The number of benzene rings is 2. The van der Waals surface area contributed by atoms with Crippen molar-refractivity contribution in [3.05, 3.63) is 64.7 Å². The first-order chi connectivity index (χ1) is 11.8. The smallest absolute Gasteiger partial charge is 0.416 e. The molecule has 0 amide bonds. The van der Waals surface area contributed by atoms with Crippen molar-refractivity contribution < 1.29 is 22.7 Å². The van der Waals surface area contributed by atoms with E-state index >= 15 is 0 Å². The van der Waals surface area contributed by atoms with Crippen molar-refractivity contribution in [2.24, 2.45) is 10.7 Å². The number of carbonyl (C=O) groups excluding carboxylic acids is 1. The zero-order valence-electron chi connectivity index (χ0n) is 13.3. The molecule has 2 N–H and O–H groups in total. The first-order valence-electron chi connectivity index (χ1n) is 7.51. The molecule has 1 aliphatic rings. The number of hydrogen-bond acceptors (Lipinski definition) is 4. The molecular formula is C18H15F3N2O2. The molecule has 1 heterocycles. The number of halogens is 3. The molecule has 0 aromatic heterocycles. The molecule has 2 aromatic rings. The van der Waals surface area contributed by atoms with E-state index in [1.54, 1.807) is 18.2 Å². The van der Waals surface area contributed by atoms with Crippen LogP contribution in [0.15, 0.2) is 47.5 Å². The Kier molecular flexibility index (Phi) is 4.34. The number of aliphatic imine (C=N–C) groups is 1. The Labute approximate surface area is 142 Å². The summed E-state index contributed by atoms with van der Waals surface area (Å²) in [7, 11) is 1.46. The number of Topliss-reactive ketones (excluding diaryl/α,β-unsaturated/α-hetero) is 1. The predicted molar refractivity (Wildman–Crippen MR) is 86.8 cm³/mol. The monoisotopic (exact) mass is 348 g/mol. The Balaban J connectivity index is 2.22. The van der Waals surface area contributed by atoms with Crippen LogP contribution in [0.4, 0.5) is 13.2 Å². The topological polar surface area (TPSA) is 64.7 Å². The van der Waals surface area contributed by atoms with E-state index in [2.05, 4.69) is 4.99 Å². The Morgan fingerprint density at radius 3 is 2.60 bits per heavy atom. The summed E-state index contributed by atoms with van der Waals surface area (Å²) in [4.78, 5) is 16.4. The van der Waals surface area contributed by atoms with Crippen LogP contribution in [0, 0.1) is 0 Å². The molecular weight excluding hydrogens is 333 g/mol. The lowest BCUT2D eigenvalue weighted by atomic mass is 9.94. The summed E-state index contributed by atoms with van der Waals surface area (Å²) in [6, 6.07) is 9.89. The maximum Gasteiger partial charge on any atom is 0.416 e. The van der Waals surface area contributed by atoms with Crippen LogP contribution in [0.3, 0.4) is 0 Å². The second-order valence-electron chi connectivity index (χ2n) is 5.63. The van der Waals surface area contributed by atoms with Gasteiger partial charge in [-0.05, 0) is 18.2 Å². The van der Waals surface area contributed by atoms with E-state index in [9.17, 15) is 18.0 Å². The first-order valence-corrected chi connectivity index (χ1v) is 7.51. The number of alkyl halides is 3. The van der Waals surface area contributed by atoms with Crippen LogP contribution in [-0.2, 0) is 17.4 Å². The average Bonchev–Trinajstić information content (AvgIpc) is 2.71. The molecule has 1 atom stereocenters. The molecule has 3 rings (SSSR count). The van der Waals surface area contributed by atoms with Gasteiger partial charge in [0.15, 0.2) is 11.9 Å². The standard InChI is InChI=1S/C18H15F3N2O2/c1-25-15-7-3-6-12-13(15)9-14(24)17(22)23-16(12)10-4-2-5-11(8-10)18(19,20)21/h2-8,17H,9,22H2,1H3. The van der Waals surface area contributed by atoms with Crippen molar-refractivity contribution in [2.45, 2.75) is 18.8 Å². The molecule has 0 saturated carbocycles. The number of rotatable bonds is 2. The lowest BCUT2D eigenvalue weighted by molar-refractivity contribution is -0.137. The number of nitrogens with zero attached hydrogens (tertiary/aromatic N) is 1. The van der Waals surface area contributed by atoms with Crippen LogP contribution >= 0.6 is 0 Å². The Morgan fingerprint density at radius 1 is 1.20 bits per heavy atom. The van der Waals surface area contributed by atoms with Gasteiger partial charge in [0.05, 0.1) is 18.4 Å². The second-order valence-corrected chi connectivity index (χ2v) is 5.63. The van der Waals surface area contributed by atoms with Crippen LogP contribution < -0.4 is 10.5 Å². The van der Waals surface area contributed by atoms with Gasteiger partial charge in [0, 0.05) is 23.1 Å². The van der Waals surface area contributed by atoms with Crippen LogP contribution in [0.5, 0.6) is 5.75 Å². The minimum absolute atomic E-state index is 0.00642. The molecule has 0 aliphatic carbocycles. The van der Waals surface area contributed by atoms with Crippen LogP contribution in [0.1, 0.15) is 22.3 Å². The fourth-order valence-corrected chi connectivity index (χ4v) is 2.79. The third-order valence-corrected chi connectivity index (χ3v) is 4.02. The summed E-state index contributed by atoms with van der Waals surface area (Å²) in [5, 5.41) is 0. The van der Waals surface area contributed by atoms with Gasteiger partial charge in [-0.2, -0.15) is 13.2 Å². The van der Waals surface area contributed by atoms with E-state index in [1.165, 1.54) is 19.2 Å². The summed E-state index contributed by atoms with van der Waals surface area (Å²) in [6.07, 6.45) is -5.61. The minimum Gasteiger partial charge on any atom is -0.496 e. The molecule has 0 spiro atoms. The van der Waals surface area contributed by atoms with Gasteiger partial charge in [-0.25, -0.2) is 0 Å². The number of ether oxygens (including phenoxy) is 1. The van der Waals surface area contributed by atoms with Crippen molar-refractivity contribution in [2.75, 3.05) is 7.11 Å². The molecule has 0 radical (unpaired) electrons. The third-order valence-electron chi connectivity index (χ3n) is 4.02. The first kappa shape index (κ1) is 17.2. The van der Waals surface area contributed by atoms with Gasteiger partial charge < -0.3 is 10.5 Å². The Morgan fingerprint density at radius 2 is 1.92 bits per heavy atom. The SMILES string of the molecule is COc1cccc2c1CC(=O)C(N)N=C2c1cccc(C(F)(F)F)c1. The van der Waals surface area contributed by atoms with E-state index in [0.717, 1.165) is 12.1 Å². The molecule has 1 aliphatic heterocycles.